The third kappa shape index (κ3) is 4.14. The monoisotopic (exact) mass is 349 g/mol. The van der Waals surface area contributed by atoms with E-state index in [1.54, 1.807) is 12.1 Å². The van der Waals surface area contributed by atoms with Gasteiger partial charge in [-0.05, 0) is 53.0 Å². The molecule has 1 aromatic carbocycles. The summed E-state index contributed by atoms with van der Waals surface area (Å²) in [7, 11) is 0. The molecule has 0 amide bonds. The van der Waals surface area contributed by atoms with Gasteiger partial charge in [-0.15, -0.1) is 12.4 Å². The van der Waals surface area contributed by atoms with Crippen LogP contribution in [-0.2, 0) is 6.54 Å². The molecule has 0 saturated carbocycles. The van der Waals surface area contributed by atoms with Crippen molar-refractivity contribution in [2.45, 2.75) is 13.0 Å². The number of nitro groups is 1. The van der Waals surface area contributed by atoms with Crippen LogP contribution in [0.2, 0.25) is 0 Å². The van der Waals surface area contributed by atoms with Gasteiger partial charge in [0.1, 0.15) is 0 Å². The highest BCUT2D eigenvalue weighted by Gasteiger charge is 2.22. The number of likely N-dealkylation sites (tertiary alicyclic amines) is 1. The molecule has 7 heteroatoms. The van der Waals surface area contributed by atoms with Crippen molar-refractivity contribution in [2.75, 3.05) is 19.6 Å². The SMILES string of the molecule is Cl.NCC1CCN(Cc2ccc(Br)c([N+](=O)[O-])c2)C1. The van der Waals surface area contributed by atoms with Crippen LogP contribution in [0, 0.1) is 16.0 Å². The fraction of sp³-hybridized carbons (Fsp3) is 0.500. The predicted molar refractivity (Wildman–Crippen MR) is 80.5 cm³/mol. The number of nitrogens with two attached hydrogens (primary N) is 1. The van der Waals surface area contributed by atoms with E-state index in [2.05, 4.69) is 20.8 Å². The van der Waals surface area contributed by atoms with E-state index in [4.69, 9.17) is 5.73 Å². The van der Waals surface area contributed by atoms with Gasteiger partial charge >= 0.3 is 0 Å². The van der Waals surface area contributed by atoms with E-state index in [0.717, 1.165) is 38.2 Å². The number of benzene rings is 1. The molecular formula is C12H17BrClN3O2. The summed E-state index contributed by atoms with van der Waals surface area (Å²) < 4.78 is 0.525. The highest BCUT2D eigenvalue weighted by atomic mass is 79.9. The maximum absolute atomic E-state index is 10.9. The van der Waals surface area contributed by atoms with Crippen molar-refractivity contribution in [3.8, 4) is 0 Å². The van der Waals surface area contributed by atoms with Gasteiger partial charge < -0.3 is 5.73 Å². The Kier molecular flexibility index (Phi) is 6.19. The minimum atomic E-state index is -0.361. The van der Waals surface area contributed by atoms with Gasteiger partial charge in [0.05, 0.1) is 9.40 Å². The molecule has 2 rings (SSSR count). The Labute approximate surface area is 126 Å². The molecule has 1 aromatic rings. The lowest BCUT2D eigenvalue weighted by Gasteiger charge is -2.15. The molecule has 1 atom stereocenters. The fourth-order valence-corrected chi connectivity index (χ4v) is 2.69. The topological polar surface area (TPSA) is 72.4 Å². The molecule has 1 unspecified atom stereocenters. The van der Waals surface area contributed by atoms with Gasteiger partial charge in [0.25, 0.3) is 5.69 Å². The Balaban J connectivity index is 0.00000180. The summed E-state index contributed by atoms with van der Waals surface area (Å²) in [6, 6.07) is 5.30. The largest absolute Gasteiger partial charge is 0.330 e. The van der Waals surface area contributed by atoms with E-state index < -0.39 is 0 Å². The maximum atomic E-state index is 10.9. The summed E-state index contributed by atoms with van der Waals surface area (Å²) in [6.45, 7) is 3.48. The van der Waals surface area contributed by atoms with Crippen LogP contribution in [0.1, 0.15) is 12.0 Å². The third-order valence-corrected chi connectivity index (χ3v) is 3.99. The Bertz CT molecular complexity index is 459. The van der Waals surface area contributed by atoms with E-state index in [1.165, 1.54) is 0 Å². The normalized spacial score (nSPS) is 19.2. The van der Waals surface area contributed by atoms with Gasteiger partial charge in [-0.25, -0.2) is 0 Å². The van der Waals surface area contributed by atoms with Crippen LogP contribution < -0.4 is 5.73 Å². The van der Waals surface area contributed by atoms with Gasteiger partial charge in [-0.3, -0.25) is 15.0 Å². The summed E-state index contributed by atoms with van der Waals surface area (Å²) in [4.78, 5) is 12.8. The highest BCUT2D eigenvalue weighted by Crippen LogP contribution is 2.27. The van der Waals surface area contributed by atoms with Crippen LogP contribution in [0.15, 0.2) is 22.7 Å². The summed E-state index contributed by atoms with van der Waals surface area (Å²) >= 11 is 3.19. The van der Waals surface area contributed by atoms with E-state index >= 15 is 0 Å². The minimum absolute atomic E-state index is 0. The molecule has 2 N–H and O–H groups in total. The van der Waals surface area contributed by atoms with Crippen molar-refractivity contribution in [3.05, 3.63) is 38.3 Å². The Morgan fingerprint density at radius 3 is 2.84 bits per heavy atom. The van der Waals surface area contributed by atoms with Crippen molar-refractivity contribution in [2.24, 2.45) is 11.7 Å². The van der Waals surface area contributed by atoms with Crippen LogP contribution in [0.3, 0.4) is 0 Å². The molecular weight excluding hydrogens is 334 g/mol. The molecule has 5 nitrogen and oxygen atoms in total. The number of halogens is 2. The van der Waals surface area contributed by atoms with Crippen LogP contribution in [-0.4, -0.2) is 29.5 Å². The van der Waals surface area contributed by atoms with Crippen LogP contribution in [0.25, 0.3) is 0 Å². The number of rotatable bonds is 4. The number of nitro benzene ring substituents is 1. The van der Waals surface area contributed by atoms with E-state index in [0.29, 0.717) is 10.4 Å². The number of nitrogens with zero attached hydrogens (tertiary/aromatic N) is 2. The molecule has 1 heterocycles. The first kappa shape index (κ1) is 16.4. The second kappa shape index (κ2) is 7.19. The standard InChI is InChI=1S/C12H16BrN3O2.ClH/c13-11-2-1-9(5-12(11)16(17)18)7-15-4-3-10(6-14)8-15;/h1-2,5,10H,3-4,6-8,14H2;1H. The molecule has 106 valence electrons. The third-order valence-electron chi connectivity index (χ3n) is 3.32. The Hall–Kier alpha value is -0.690. The highest BCUT2D eigenvalue weighted by molar-refractivity contribution is 9.10. The Morgan fingerprint density at radius 1 is 1.53 bits per heavy atom. The fourth-order valence-electron chi connectivity index (χ4n) is 2.30. The van der Waals surface area contributed by atoms with Gasteiger partial charge in [0, 0.05) is 19.2 Å². The van der Waals surface area contributed by atoms with Crippen LogP contribution >= 0.6 is 28.3 Å². The molecule has 19 heavy (non-hydrogen) atoms. The quantitative estimate of drug-likeness (QED) is 0.669. The van der Waals surface area contributed by atoms with Crippen molar-refractivity contribution in [3.63, 3.8) is 0 Å². The molecule has 0 radical (unpaired) electrons. The summed E-state index contributed by atoms with van der Waals surface area (Å²) in [5.74, 6) is 0.565. The van der Waals surface area contributed by atoms with Crippen LogP contribution in [0.5, 0.6) is 0 Å². The van der Waals surface area contributed by atoms with Gasteiger partial charge in [0.2, 0.25) is 0 Å². The average molecular weight is 351 g/mol. The molecule has 0 bridgehead atoms. The number of hydrogen-bond donors (Lipinski definition) is 1. The molecule has 1 fully saturated rings. The summed E-state index contributed by atoms with van der Waals surface area (Å²) in [5, 5.41) is 10.9. The van der Waals surface area contributed by atoms with E-state index in [-0.39, 0.29) is 23.0 Å². The Morgan fingerprint density at radius 2 is 2.26 bits per heavy atom. The summed E-state index contributed by atoms with van der Waals surface area (Å²) in [6.07, 6.45) is 1.12. The molecule has 1 aliphatic heterocycles. The average Bonchev–Trinajstić information content (AvgIpc) is 2.79. The zero-order chi connectivity index (χ0) is 13.1. The molecule has 1 saturated heterocycles. The lowest BCUT2D eigenvalue weighted by Crippen LogP contribution is -2.22. The first-order chi connectivity index (χ1) is 8.60. The minimum Gasteiger partial charge on any atom is -0.330 e. The molecule has 1 aliphatic rings. The second-order valence-electron chi connectivity index (χ2n) is 4.67. The summed E-state index contributed by atoms with van der Waals surface area (Å²) in [5.41, 5.74) is 6.75. The van der Waals surface area contributed by atoms with Crippen molar-refractivity contribution in [1.29, 1.82) is 0 Å². The lowest BCUT2D eigenvalue weighted by molar-refractivity contribution is -0.385. The first-order valence-electron chi connectivity index (χ1n) is 5.95. The second-order valence-corrected chi connectivity index (χ2v) is 5.52. The maximum Gasteiger partial charge on any atom is 0.283 e. The molecule has 0 spiro atoms. The smallest absolute Gasteiger partial charge is 0.283 e. The van der Waals surface area contributed by atoms with Gasteiger partial charge in [-0.1, -0.05) is 6.07 Å². The molecule has 0 aromatic heterocycles. The first-order valence-corrected chi connectivity index (χ1v) is 6.74. The lowest BCUT2D eigenvalue weighted by atomic mass is 10.1. The molecule has 0 aliphatic carbocycles. The van der Waals surface area contributed by atoms with Gasteiger partial charge in [0.15, 0.2) is 0 Å². The van der Waals surface area contributed by atoms with Gasteiger partial charge in [-0.2, -0.15) is 0 Å². The van der Waals surface area contributed by atoms with Crippen molar-refractivity contribution < 1.29 is 4.92 Å². The zero-order valence-electron chi connectivity index (χ0n) is 10.4. The zero-order valence-corrected chi connectivity index (χ0v) is 12.8. The number of hydrogen-bond acceptors (Lipinski definition) is 4. The van der Waals surface area contributed by atoms with E-state index in [1.807, 2.05) is 6.07 Å². The van der Waals surface area contributed by atoms with E-state index in [9.17, 15) is 10.1 Å². The van der Waals surface area contributed by atoms with Crippen molar-refractivity contribution >= 4 is 34.0 Å². The van der Waals surface area contributed by atoms with Crippen molar-refractivity contribution in [1.82, 2.24) is 4.90 Å². The van der Waals surface area contributed by atoms with Crippen LogP contribution in [0.4, 0.5) is 5.69 Å². The predicted octanol–water partition coefficient (Wildman–Crippen LogP) is 2.56.